The third-order valence-electron chi connectivity index (χ3n) is 4.05. The van der Waals surface area contributed by atoms with Crippen LogP contribution in [0.5, 0.6) is 0 Å². The van der Waals surface area contributed by atoms with Crippen molar-refractivity contribution in [2.45, 2.75) is 19.0 Å². The number of halogens is 3. The molecular weight excluding hydrogens is 317 g/mol. The van der Waals surface area contributed by atoms with Gasteiger partial charge in [0.15, 0.2) is 0 Å². The van der Waals surface area contributed by atoms with Gasteiger partial charge in [0.05, 0.1) is 5.56 Å². The number of nitrogens with one attached hydrogen (secondary N) is 1. The molecular formula is C18H17F3N2O. The van der Waals surface area contributed by atoms with Crippen LogP contribution < -0.4 is 10.2 Å². The Balaban J connectivity index is 1.57. The smallest absolute Gasteiger partial charge is 0.385 e. The van der Waals surface area contributed by atoms with E-state index in [1.165, 1.54) is 6.07 Å². The van der Waals surface area contributed by atoms with Crippen molar-refractivity contribution >= 4 is 17.3 Å². The van der Waals surface area contributed by atoms with Gasteiger partial charge in [0, 0.05) is 30.9 Å². The molecule has 0 aromatic heterocycles. The van der Waals surface area contributed by atoms with Crippen molar-refractivity contribution in [1.82, 2.24) is 0 Å². The number of fused-ring (bicyclic) bond motifs is 1. The summed E-state index contributed by atoms with van der Waals surface area (Å²) in [6, 6.07) is 12.7. The quantitative estimate of drug-likeness (QED) is 0.913. The molecule has 6 heteroatoms. The topological polar surface area (TPSA) is 32.3 Å². The highest BCUT2D eigenvalue weighted by atomic mass is 19.4. The van der Waals surface area contributed by atoms with Gasteiger partial charge in [-0.2, -0.15) is 13.2 Å². The molecule has 0 saturated heterocycles. The summed E-state index contributed by atoms with van der Waals surface area (Å²) in [5, 5.41) is 2.89. The maximum atomic E-state index is 12.7. The zero-order chi connectivity index (χ0) is 17.2. The normalized spacial score (nSPS) is 13.7. The van der Waals surface area contributed by atoms with E-state index in [0.717, 1.165) is 29.8 Å². The molecule has 2 aromatic rings. The van der Waals surface area contributed by atoms with Crippen LogP contribution in [0.15, 0.2) is 48.5 Å². The van der Waals surface area contributed by atoms with Crippen molar-refractivity contribution in [2.24, 2.45) is 0 Å². The second kappa shape index (κ2) is 6.55. The highest BCUT2D eigenvalue weighted by Gasteiger charge is 2.30. The fraction of sp³-hybridized carbons (Fsp3) is 0.278. The lowest BCUT2D eigenvalue weighted by atomic mass is 10.2. The number of benzene rings is 2. The van der Waals surface area contributed by atoms with E-state index in [1.807, 2.05) is 24.3 Å². The van der Waals surface area contributed by atoms with Crippen LogP contribution in [0.4, 0.5) is 24.5 Å². The lowest BCUT2D eigenvalue weighted by molar-refractivity contribution is -0.137. The van der Waals surface area contributed by atoms with E-state index in [4.69, 9.17) is 0 Å². The van der Waals surface area contributed by atoms with Gasteiger partial charge in [0.25, 0.3) is 0 Å². The molecule has 0 unspecified atom stereocenters. The Hall–Kier alpha value is -2.50. The number of amides is 1. The zero-order valence-corrected chi connectivity index (χ0v) is 12.9. The van der Waals surface area contributed by atoms with Crippen LogP contribution in [0, 0.1) is 0 Å². The summed E-state index contributed by atoms with van der Waals surface area (Å²) in [4.78, 5) is 14.1. The summed E-state index contributed by atoms with van der Waals surface area (Å²) in [5.74, 6) is -0.0283. The van der Waals surface area contributed by atoms with Crippen LogP contribution in [0.2, 0.25) is 0 Å². The van der Waals surface area contributed by atoms with Gasteiger partial charge >= 0.3 is 6.18 Å². The number of carbonyl (C=O) groups excluding carboxylic acids is 1. The molecule has 0 radical (unpaired) electrons. The van der Waals surface area contributed by atoms with E-state index in [2.05, 4.69) is 5.32 Å². The summed E-state index contributed by atoms with van der Waals surface area (Å²) >= 11 is 0. The summed E-state index contributed by atoms with van der Waals surface area (Å²) in [6.07, 6.45) is -3.31. The van der Waals surface area contributed by atoms with Crippen molar-refractivity contribution in [3.05, 3.63) is 59.7 Å². The summed E-state index contributed by atoms with van der Waals surface area (Å²) in [6.45, 7) is 0.945. The summed E-state index contributed by atoms with van der Waals surface area (Å²) < 4.78 is 38.0. The second-order valence-corrected chi connectivity index (χ2v) is 5.68. The Morgan fingerprint density at radius 2 is 1.92 bits per heavy atom. The highest BCUT2D eigenvalue weighted by molar-refractivity contribution is 5.95. The molecule has 0 fully saturated rings. The molecule has 0 spiro atoms. The van der Waals surface area contributed by atoms with Gasteiger partial charge in [-0.3, -0.25) is 4.79 Å². The first-order chi connectivity index (χ1) is 11.4. The first kappa shape index (κ1) is 16.4. The third kappa shape index (κ3) is 3.53. The number of anilines is 2. The maximum absolute atomic E-state index is 12.7. The summed E-state index contributed by atoms with van der Waals surface area (Å²) in [7, 11) is 0. The predicted octanol–water partition coefficient (Wildman–Crippen LogP) is 4.10. The monoisotopic (exact) mass is 334 g/mol. The van der Waals surface area contributed by atoms with E-state index >= 15 is 0 Å². The second-order valence-electron chi connectivity index (χ2n) is 5.68. The van der Waals surface area contributed by atoms with Gasteiger partial charge in [-0.25, -0.2) is 0 Å². The minimum absolute atomic E-state index is 0.0283. The van der Waals surface area contributed by atoms with Gasteiger partial charge in [-0.05, 0) is 36.2 Å². The van der Waals surface area contributed by atoms with E-state index in [0.29, 0.717) is 18.8 Å². The van der Waals surface area contributed by atoms with Gasteiger partial charge in [0.2, 0.25) is 5.91 Å². The van der Waals surface area contributed by atoms with Crippen LogP contribution in [0.25, 0.3) is 0 Å². The Bertz CT molecular complexity index is 743. The van der Waals surface area contributed by atoms with Gasteiger partial charge < -0.3 is 10.2 Å². The van der Waals surface area contributed by atoms with E-state index in [-0.39, 0.29) is 12.3 Å². The zero-order valence-electron chi connectivity index (χ0n) is 12.9. The standard InChI is InChI=1S/C18H17F3N2O/c19-18(20,21)14-5-3-6-15(12-14)22-10-8-17(24)23-11-9-13-4-1-2-7-16(13)23/h1-7,12,22H,8-11H2. The Morgan fingerprint density at radius 3 is 2.71 bits per heavy atom. The molecule has 126 valence electrons. The van der Waals surface area contributed by atoms with Crippen LogP contribution in [0.3, 0.4) is 0 Å². The first-order valence-corrected chi connectivity index (χ1v) is 7.74. The molecule has 0 aliphatic carbocycles. The van der Waals surface area contributed by atoms with Gasteiger partial charge in [-0.15, -0.1) is 0 Å². The SMILES string of the molecule is O=C(CCNc1cccc(C(F)(F)F)c1)N1CCc2ccccc21. The average molecular weight is 334 g/mol. The number of hydrogen-bond acceptors (Lipinski definition) is 2. The molecule has 0 saturated carbocycles. The van der Waals surface area contributed by atoms with Crippen LogP contribution in [0.1, 0.15) is 17.5 Å². The van der Waals surface area contributed by atoms with Gasteiger partial charge in [-0.1, -0.05) is 24.3 Å². The van der Waals surface area contributed by atoms with Crippen molar-refractivity contribution < 1.29 is 18.0 Å². The first-order valence-electron chi connectivity index (χ1n) is 7.74. The third-order valence-corrected chi connectivity index (χ3v) is 4.05. The fourth-order valence-corrected chi connectivity index (χ4v) is 2.85. The molecule has 1 aliphatic rings. The molecule has 1 heterocycles. The van der Waals surface area contributed by atoms with Crippen molar-refractivity contribution in [2.75, 3.05) is 23.3 Å². The summed E-state index contributed by atoms with van der Waals surface area (Å²) in [5.41, 5.74) is 1.74. The highest BCUT2D eigenvalue weighted by Crippen LogP contribution is 2.31. The average Bonchev–Trinajstić information content (AvgIpc) is 2.98. The maximum Gasteiger partial charge on any atom is 0.416 e. The minimum atomic E-state index is -4.37. The Kier molecular flexibility index (Phi) is 4.46. The molecule has 24 heavy (non-hydrogen) atoms. The molecule has 3 rings (SSSR count). The minimum Gasteiger partial charge on any atom is -0.385 e. The number of carbonyl (C=O) groups is 1. The molecule has 0 atom stereocenters. The Morgan fingerprint density at radius 1 is 1.12 bits per heavy atom. The molecule has 1 aliphatic heterocycles. The van der Waals surface area contributed by atoms with Crippen LogP contribution in [-0.4, -0.2) is 19.0 Å². The lowest BCUT2D eigenvalue weighted by Gasteiger charge is -2.17. The van der Waals surface area contributed by atoms with Crippen LogP contribution >= 0.6 is 0 Å². The van der Waals surface area contributed by atoms with Crippen molar-refractivity contribution in [3.63, 3.8) is 0 Å². The molecule has 1 N–H and O–H groups in total. The number of hydrogen-bond donors (Lipinski definition) is 1. The number of rotatable bonds is 4. The molecule has 1 amide bonds. The van der Waals surface area contributed by atoms with Crippen LogP contribution in [-0.2, 0) is 17.4 Å². The predicted molar refractivity (Wildman–Crippen MR) is 87.0 cm³/mol. The molecule has 0 bridgehead atoms. The van der Waals surface area contributed by atoms with E-state index in [9.17, 15) is 18.0 Å². The fourth-order valence-electron chi connectivity index (χ4n) is 2.85. The number of para-hydroxylation sites is 1. The molecule has 3 nitrogen and oxygen atoms in total. The largest absolute Gasteiger partial charge is 0.416 e. The number of alkyl halides is 3. The molecule has 2 aromatic carbocycles. The van der Waals surface area contributed by atoms with Gasteiger partial charge in [0.1, 0.15) is 0 Å². The van der Waals surface area contributed by atoms with Crippen molar-refractivity contribution in [1.29, 1.82) is 0 Å². The lowest BCUT2D eigenvalue weighted by Crippen LogP contribution is -2.30. The van der Waals surface area contributed by atoms with E-state index in [1.54, 1.807) is 11.0 Å². The number of nitrogens with zero attached hydrogens (tertiary/aromatic N) is 1. The van der Waals surface area contributed by atoms with Crippen molar-refractivity contribution in [3.8, 4) is 0 Å². The van der Waals surface area contributed by atoms with E-state index < -0.39 is 11.7 Å². The Labute approximate surface area is 138 Å².